The molecule has 0 saturated carbocycles. The van der Waals surface area contributed by atoms with Crippen molar-refractivity contribution in [2.75, 3.05) is 13.6 Å². The second kappa shape index (κ2) is 16.5. The zero-order valence-corrected chi connectivity index (χ0v) is 31.9. The molecule has 6 aromatic carbocycles. The van der Waals surface area contributed by atoms with Gasteiger partial charge >= 0.3 is 0 Å². The van der Waals surface area contributed by atoms with E-state index < -0.39 is 6.29 Å². The monoisotopic (exact) mass is 742 g/mol. The molecule has 0 bridgehead atoms. The van der Waals surface area contributed by atoms with Gasteiger partial charge in [-0.2, -0.15) is 0 Å². The Morgan fingerprint density at radius 3 is 2.29 bits per heavy atom. The summed E-state index contributed by atoms with van der Waals surface area (Å²) in [5.74, 6) is -0.205. The number of amides is 1. The highest BCUT2D eigenvalue weighted by Crippen LogP contribution is 2.42. The first-order valence-electron chi connectivity index (χ1n) is 19.2. The molecule has 2 heterocycles. The number of aliphatic hydroxyl groups is 1. The van der Waals surface area contributed by atoms with Gasteiger partial charge in [0.2, 0.25) is 0 Å². The molecule has 5 atom stereocenters. The number of hydrogen-bond donors (Lipinski definition) is 2. The summed E-state index contributed by atoms with van der Waals surface area (Å²) in [5, 5.41) is 15.2. The van der Waals surface area contributed by atoms with Gasteiger partial charge in [-0.25, -0.2) is 4.98 Å². The van der Waals surface area contributed by atoms with E-state index in [0.29, 0.717) is 12.1 Å². The van der Waals surface area contributed by atoms with Crippen molar-refractivity contribution in [3.8, 4) is 11.1 Å². The zero-order chi connectivity index (χ0) is 38.6. The Hall–Kier alpha value is -5.77. The molecular formula is C48H46N4O4. The molecule has 8 heteroatoms. The normalized spacial score (nSPS) is 18.9. The van der Waals surface area contributed by atoms with Gasteiger partial charge in [-0.1, -0.05) is 122 Å². The highest BCUT2D eigenvalue weighted by molar-refractivity contribution is 5.93. The number of carbonyl (C=O) groups excluding carboxylic acids is 1. The fraction of sp³-hybridized carbons (Fsp3) is 0.229. The summed E-state index contributed by atoms with van der Waals surface area (Å²) >= 11 is 0. The van der Waals surface area contributed by atoms with Gasteiger partial charge < -0.3 is 19.9 Å². The lowest BCUT2D eigenvalue weighted by Crippen LogP contribution is -2.44. The molecule has 0 spiro atoms. The average molecular weight is 743 g/mol. The third-order valence-corrected chi connectivity index (χ3v) is 11.1. The standard InChI is InChI=1S/C48H46N4O4/c1-31-45(29-52(3)32(2)39-24-21-35-10-4-5-11-41(35)26-39)55-48(56-46(31)37-17-15-33(30-53)16-18-37)38-22-19-36(20-23-38)40-12-8-9-34(25-40)27-50-47(54)44-28-49-42-13-6-7-14-43(42)51-44/h4-26,28,31-32,45-46,48,53H,27,29-30H2,1-3H3,(H,50,54)/t31-,32+,45+,46+,48+/m0/s1. The molecule has 1 aliphatic rings. The summed E-state index contributed by atoms with van der Waals surface area (Å²) in [6, 6.07) is 47.4. The van der Waals surface area contributed by atoms with Crippen LogP contribution in [0.2, 0.25) is 0 Å². The topological polar surface area (TPSA) is 96.8 Å². The smallest absolute Gasteiger partial charge is 0.271 e. The summed E-state index contributed by atoms with van der Waals surface area (Å²) in [6.07, 6.45) is 0.620. The Morgan fingerprint density at radius 2 is 1.50 bits per heavy atom. The minimum atomic E-state index is -0.572. The first kappa shape index (κ1) is 37.2. The van der Waals surface area contributed by atoms with Crippen LogP contribution in [0.5, 0.6) is 0 Å². The lowest BCUT2D eigenvalue weighted by atomic mass is 9.89. The fourth-order valence-electron chi connectivity index (χ4n) is 7.53. The van der Waals surface area contributed by atoms with Gasteiger partial charge in [0.05, 0.1) is 36.0 Å². The Kier molecular flexibility index (Phi) is 11.0. The van der Waals surface area contributed by atoms with Gasteiger partial charge in [0, 0.05) is 30.6 Å². The predicted molar refractivity (Wildman–Crippen MR) is 221 cm³/mol. The first-order chi connectivity index (χ1) is 27.3. The fourth-order valence-corrected chi connectivity index (χ4v) is 7.53. The number of nitrogens with zero attached hydrogens (tertiary/aromatic N) is 3. The van der Waals surface area contributed by atoms with E-state index in [0.717, 1.165) is 45.4 Å². The van der Waals surface area contributed by atoms with Crippen LogP contribution in [0, 0.1) is 5.92 Å². The van der Waals surface area contributed by atoms with E-state index in [4.69, 9.17) is 9.47 Å². The molecule has 1 aliphatic heterocycles. The highest BCUT2D eigenvalue weighted by atomic mass is 16.7. The van der Waals surface area contributed by atoms with Crippen LogP contribution in [0.25, 0.3) is 32.9 Å². The van der Waals surface area contributed by atoms with E-state index in [1.54, 1.807) is 0 Å². The highest BCUT2D eigenvalue weighted by Gasteiger charge is 2.39. The number of fused-ring (bicyclic) bond motifs is 2. The molecule has 1 fully saturated rings. The van der Waals surface area contributed by atoms with Gasteiger partial charge in [-0.15, -0.1) is 0 Å². The van der Waals surface area contributed by atoms with Crippen molar-refractivity contribution in [2.24, 2.45) is 5.92 Å². The number of ether oxygens (including phenoxy) is 2. The van der Waals surface area contributed by atoms with Crippen LogP contribution in [-0.4, -0.2) is 45.6 Å². The molecule has 282 valence electrons. The van der Waals surface area contributed by atoms with E-state index in [2.05, 4.69) is 132 Å². The van der Waals surface area contributed by atoms with Crippen molar-refractivity contribution in [2.45, 2.75) is 51.5 Å². The Labute approximate surface area is 327 Å². The molecule has 1 aromatic heterocycles. The van der Waals surface area contributed by atoms with E-state index >= 15 is 0 Å². The van der Waals surface area contributed by atoms with Crippen LogP contribution in [-0.2, 0) is 22.6 Å². The maximum absolute atomic E-state index is 12.9. The van der Waals surface area contributed by atoms with Gasteiger partial charge in [-0.3, -0.25) is 14.7 Å². The number of aromatic nitrogens is 2. The van der Waals surface area contributed by atoms with E-state index in [1.165, 1.54) is 22.5 Å². The molecule has 2 N–H and O–H groups in total. The van der Waals surface area contributed by atoms with Crippen LogP contribution in [0.4, 0.5) is 0 Å². The van der Waals surface area contributed by atoms with Crippen LogP contribution < -0.4 is 5.32 Å². The van der Waals surface area contributed by atoms with Crippen LogP contribution in [0.3, 0.4) is 0 Å². The van der Waals surface area contributed by atoms with Crippen LogP contribution >= 0.6 is 0 Å². The average Bonchev–Trinajstić information content (AvgIpc) is 3.25. The van der Waals surface area contributed by atoms with Crippen molar-refractivity contribution in [1.82, 2.24) is 20.2 Å². The second-order valence-electron chi connectivity index (χ2n) is 14.8. The van der Waals surface area contributed by atoms with Gasteiger partial charge in [0.1, 0.15) is 5.69 Å². The maximum atomic E-state index is 12.9. The van der Waals surface area contributed by atoms with Gasteiger partial charge in [0.15, 0.2) is 6.29 Å². The summed E-state index contributed by atoms with van der Waals surface area (Å²) in [5.41, 5.74) is 8.91. The minimum absolute atomic E-state index is 0.00240. The lowest BCUT2D eigenvalue weighted by molar-refractivity contribution is -0.276. The van der Waals surface area contributed by atoms with E-state index in [9.17, 15) is 9.90 Å². The van der Waals surface area contributed by atoms with Crippen molar-refractivity contribution in [3.63, 3.8) is 0 Å². The van der Waals surface area contributed by atoms with Crippen molar-refractivity contribution < 1.29 is 19.4 Å². The number of carbonyl (C=O) groups is 1. The zero-order valence-electron chi connectivity index (χ0n) is 31.9. The number of likely N-dealkylation sites (N-methyl/N-ethyl adjacent to an activating group) is 1. The van der Waals surface area contributed by atoms with Crippen LogP contribution in [0.1, 0.15) is 70.6 Å². The number of nitrogens with one attached hydrogen (secondary N) is 1. The maximum Gasteiger partial charge on any atom is 0.271 e. The molecule has 1 amide bonds. The van der Waals surface area contributed by atoms with Crippen molar-refractivity contribution in [1.29, 1.82) is 0 Å². The predicted octanol–water partition coefficient (Wildman–Crippen LogP) is 9.36. The third-order valence-electron chi connectivity index (χ3n) is 11.1. The first-order valence-corrected chi connectivity index (χ1v) is 19.2. The second-order valence-corrected chi connectivity index (χ2v) is 14.8. The van der Waals surface area contributed by atoms with Crippen molar-refractivity contribution >= 4 is 27.7 Å². The quantitative estimate of drug-likeness (QED) is 0.136. The summed E-state index contributed by atoms with van der Waals surface area (Å²) < 4.78 is 13.6. The Balaban J connectivity index is 0.982. The SMILES string of the molecule is C[C@H]1[C@@H](CN(C)[C@H](C)c2ccc3ccccc3c2)O[C@@H](c2ccc(-c3cccc(CNC(=O)c4cnc5ccccc5n4)c3)cc2)O[C@H]1c1ccc(CO)cc1. The molecule has 0 unspecified atom stereocenters. The third kappa shape index (κ3) is 8.10. The van der Waals surface area contributed by atoms with Gasteiger partial charge in [-0.05, 0) is 82.4 Å². The summed E-state index contributed by atoms with van der Waals surface area (Å²) in [7, 11) is 2.16. The van der Waals surface area contributed by atoms with Crippen molar-refractivity contribution in [3.05, 3.63) is 179 Å². The molecule has 0 aliphatic carbocycles. The van der Waals surface area contributed by atoms with Crippen LogP contribution in [0.15, 0.2) is 146 Å². The molecule has 7 aromatic rings. The van der Waals surface area contributed by atoms with E-state index in [-0.39, 0.29) is 42.4 Å². The largest absolute Gasteiger partial charge is 0.392 e. The molecule has 8 rings (SSSR count). The van der Waals surface area contributed by atoms with Gasteiger partial charge in [0.25, 0.3) is 5.91 Å². The summed E-state index contributed by atoms with van der Waals surface area (Å²) in [4.78, 5) is 24.2. The number of benzene rings is 6. The molecule has 8 nitrogen and oxygen atoms in total. The molecule has 1 saturated heterocycles. The Bertz CT molecular complexity index is 2450. The molecular weight excluding hydrogens is 697 g/mol. The molecule has 56 heavy (non-hydrogen) atoms. The number of rotatable bonds is 11. The molecule has 0 radical (unpaired) electrons. The number of hydrogen-bond acceptors (Lipinski definition) is 7. The number of para-hydroxylation sites is 2. The lowest BCUT2D eigenvalue weighted by Gasteiger charge is -2.43. The summed E-state index contributed by atoms with van der Waals surface area (Å²) in [6.45, 7) is 5.52. The Morgan fingerprint density at radius 1 is 0.768 bits per heavy atom. The minimum Gasteiger partial charge on any atom is -0.392 e. The number of aliphatic hydroxyl groups excluding tert-OH is 1. The van der Waals surface area contributed by atoms with E-state index in [1.807, 2.05) is 48.5 Å².